The number of hydrogen-bond donors (Lipinski definition) is 2. The highest BCUT2D eigenvalue weighted by atomic mass is 32.2. The molecule has 1 aromatic rings. The first-order valence-corrected chi connectivity index (χ1v) is 8.33. The SMILES string of the molecule is CCc1ccc(S(=O)(=O)NC2(CN)CCCC2)cc1. The zero-order valence-electron chi connectivity index (χ0n) is 11.4. The summed E-state index contributed by atoms with van der Waals surface area (Å²) in [5.74, 6) is 0. The van der Waals surface area contributed by atoms with Gasteiger partial charge in [-0.05, 0) is 37.0 Å². The zero-order valence-corrected chi connectivity index (χ0v) is 12.2. The van der Waals surface area contributed by atoms with Crippen molar-refractivity contribution >= 4 is 10.0 Å². The number of sulfonamides is 1. The Kier molecular flexibility index (Phi) is 4.28. The molecule has 1 aliphatic rings. The molecule has 0 amide bonds. The van der Waals surface area contributed by atoms with Gasteiger partial charge in [0.05, 0.1) is 4.90 Å². The Balaban J connectivity index is 2.21. The largest absolute Gasteiger partial charge is 0.329 e. The van der Waals surface area contributed by atoms with Gasteiger partial charge in [-0.2, -0.15) is 0 Å². The van der Waals surface area contributed by atoms with Crippen LogP contribution in [0.2, 0.25) is 0 Å². The molecule has 4 nitrogen and oxygen atoms in total. The molecule has 2 rings (SSSR count). The van der Waals surface area contributed by atoms with Crippen LogP contribution in [0.3, 0.4) is 0 Å². The van der Waals surface area contributed by atoms with Gasteiger partial charge in [0.15, 0.2) is 0 Å². The Bertz CT molecular complexity index is 517. The third-order valence-corrected chi connectivity index (χ3v) is 5.54. The van der Waals surface area contributed by atoms with Gasteiger partial charge in [0.25, 0.3) is 0 Å². The molecule has 0 heterocycles. The number of nitrogens with two attached hydrogens (primary N) is 1. The summed E-state index contributed by atoms with van der Waals surface area (Å²) in [6, 6.07) is 7.05. The second-order valence-electron chi connectivity index (χ2n) is 5.29. The van der Waals surface area contributed by atoms with Crippen LogP contribution in [0.4, 0.5) is 0 Å². The summed E-state index contributed by atoms with van der Waals surface area (Å²) in [5.41, 5.74) is 6.46. The van der Waals surface area contributed by atoms with Crippen molar-refractivity contribution in [3.8, 4) is 0 Å². The van der Waals surface area contributed by atoms with Gasteiger partial charge in [-0.15, -0.1) is 0 Å². The predicted molar refractivity (Wildman–Crippen MR) is 76.4 cm³/mol. The van der Waals surface area contributed by atoms with Gasteiger partial charge in [-0.25, -0.2) is 13.1 Å². The molecule has 0 bridgehead atoms. The van der Waals surface area contributed by atoms with Crippen molar-refractivity contribution in [2.45, 2.75) is 49.5 Å². The van der Waals surface area contributed by atoms with Crippen molar-refractivity contribution < 1.29 is 8.42 Å². The Morgan fingerprint density at radius 3 is 2.26 bits per heavy atom. The van der Waals surface area contributed by atoms with Gasteiger partial charge in [0.1, 0.15) is 0 Å². The minimum absolute atomic E-state index is 0.324. The fourth-order valence-electron chi connectivity index (χ4n) is 2.65. The van der Waals surface area contributed by atoms with Crippen molar-refractivity contribution in [3.05, 3.63) is 29.8 Å². The summed E-state index contributed by atoms with van der Waals surface area (Å²) in [7, 11) is -3.47. The second kappa shape index (κ2) is 5.61. The summed E-state index contributed by atoms with van der Waals surface area (Å²) in [4.78, 5) is 0.324. The van der Waals surface area contributed by atoms with E-state index in [4.69, 9.17) is 5.73 Å². The topological polar surface area (TPSA) is 72.2 Å². The number of rotatable bonds is 5. The predicted octanol–water partition coefficient (Wildman–Crippen LogP) is 1.80. The molecule has 3 N–H and O–H groups in total. The lowest BCUT2D eigenvalue weighted by Crippen LogP contribution is -2.51. The first-order chi connectivity index (χ1) is 9.01. The van der Waals surface area contributed by atoms with Crippen LogP contribution in [-0.2, 0) is 16.4 Å². The second-order valence-corrected chi connectivity index (χ2v) is 6.98. The highest BCUT2D eigenvalue weighted by molar-refractivity contribution is 7.89. The van der Waals surface area contributed by atoms with Crippen LogP contribution in [0.15, 0.2) is 29.2 Å². The van der Waals surface area contributed by atoms with Crippen LogP contribution < -0.4 is 10.5 Å². The van der Waals surface area contributed by atoms with E-state index >= 15 is 0 Å². The molecule has 19 heavy (non-hydrogen) atoms. The van der Waals surface area contributed by atoms with Crippen LogP contribution >= 0.6 is 0 Å². The zero-order chi connectivity index (χ0) is 13.9. The Hall–Kier alpha value is -0.910. The van der Waals surface area contributed by atoms with E-state index in [1.54, 1.807) is 12.1 Å². The van der Waals surface area contributed by atoms with Crippen molar-refractivity contribution in [1.82, 2.24) is 4.72 Å². The van der Waals surface area contributed by atoms with E-state index < -0.39 is 15.6 Å². The summed E-state index contributed by atoms with van der Waals surface area (Å²) in [6.07, 6.45) is 4.63. The summed E-state index contributed by atoms with van der Waals surface area (Å²) < 4.78 is 27.6. The number of aryl methyl sites for hydroxylation is 1. The first kappa shape index (κ1) is 14.5. The van der Waals surface area contributed by atoms with E-state index in [0.29, 0.717) is 11.4 Å². The van der Waals surface area contributed by atoms with Crippen LogP contribution in [-0.4, -0.2) is 20.5 Å². The van der Waals surface area contributed by atoms with Gasteiger partial charge in [-0.3, -0.25) is 0 Å². The maximum Gasteiger partial charge on any atom is 0.241 e. The van der Waals surface area contributed by atoms with Crippen molar-refractivity contribution in [2.75, 3.05) is 6.54 Å². The summed E-state index contributed by atoms with van der Waals surface area (Å²) in [6.45, 7) is 2.41. The minimum atomic E-state index is -3.47. The molecule has 0 spiro atoms. The van der Waals surface area contributed by atoms with Crippen LogP contribution in [0.5, 0.6) is 0 Å². The molecule has 106 valence electrons. The van der Waals surface area contributed by atoms with Gasteiger partial charge in [-0.1, -0.05) is 31.9 Å². The average molecular weight is 282 g/mol. The molecule has 0 saturated heterocycles. The van der Waals surface area contributed by atoms with Crippen LogP contribution in [0.1, 0.15) is 38.2 Å². The number of benzene rings is 1. The molecule has 1 aromatic carbocycles. The van der Waals surface area contributed by atoms with Crippen molar-refractivity contribution in [2.24, 2.45) is 5.73 Å². The molecule has 0 radical (unpaired) electrons. The smallest absolute Gasteiger partial charge is 0.241 e. The lowest BCUT2D eigenvalue weighted by Gasteiger charge is -2.28. The lowest BCUT2D eigenvalue weighted by molar-refractivity contribution is 0.399. The maximum absolute atomic E-state index is 12.4. The Labute approximate surface area is 115 Å². The standard InChI is InChI=1S/C14H22N2O2S/c1-2-12-5-7-13(8-6-12)19(17,18)16-14(11-15)9-3-4-10-14/h5-8,16H,2-4,9-11,15H2,1H3. The molecular formula is C14H22N2O2S. The van der Waals surface area contributed by atoms with E-state index in [2.05, 4.69) is 4.72 Å². The van der Waals surface area contributed by atoms with Crippen molar-refractivity contribution in [3.63, 3.8) is 0 Å². The number of nitrogens with one attached hydrogen (secondary N) is 1. The van der Waals surface area contributed by atoms with Gasteiger partial charge in [0.2, 0.25) is 10.0 Å². The monoisotopic (exact) mass is 282 g/mol. The molecule has 0 unspecified atom stereocenters. The highest BCUT2D eigenvalue weighted by Crippen LogP contribution is 2.30. The molecular weight excluding hydrogens is 260 g/mol. The molecule has 0 aliphatic heterocycles. The maximum atomic E-state index is 12.4. The quantitative estimate of drug-likeness (QED) is 0.865. The molecule has 1 aliphatic carbocycles. The first-order valence-electron chi connectivity index (χ1n) is 6.84. The van der Waals surface area contributed by atoms with Crippen molar-refractivity contribution in [1.29, 1.82) is 0 Å². The lowest BCUT2D eigenvalue weighted by atomic mass is 10.0. The normalized spacial score (nSPS) is 18.6. The van der Waals surface area contributed by atoms with Crippen LogP contribution in [0, 0.1) is 0 Å². The third-order valence-electron chi connectivity index (χ3n) is 3.94. The van der Waals surface area contributed by atoms with Gasteiger partial charge < -0.3 is 5.73 Å². The molecule has 1 saturated carbocycles. The average Bonchev–Trinajstić information content (AvgIpc) is 2.87. The van der Waals surface area contributed by atoms with Gasteiger partial charge in [0, 0.05) is 12.1 Å². The van der Waals surface area contributed by atoms with E-state index in [1.165, 1.54) is 0 Å². The minimum Gasteiger partial charge on any atom is -0.329 e. The molecule has 0 aromatic heterocycles. The Morgan fingerprint density at radius 1 is 1.21 bits per heavy atom. The molecule has 0 atom stereocenters. The summed E-state index contributed by atoms with van der Waals surface area (Å²) >= 11 is 0. The highest BCUT2D eigenvalue weighted by Gasteiger charge is 2.36. The molecule has 5 heteroatoms. The van der Waals surface area contributed by atoms with E-state index in [-0.39, 0.29) is 0 Å². The third kappa shape index (κ3) is 3.16. The van der Waals surface area contributed by atoms with Crippen LogP contribution in [0.25, 0.3) is 0 Å². The Morgan fingerprint density at radius 2 is 1.79 bits per heavy atom. The van der Waals surface area contributed by atoms with E-state index in [9.17, 15) is 8.42 Å². The molecule has 1 fully saturated rings. The fourth-order valence-corrected chi connectivity index (χ4v) is 4.12. The van der Waals surface area contributed by atoms with E-state index in [0.717, 1.165) is 37.7 Å². The summed E-state index contributed by atoms with van der Waals surface area (Å²) in [5, 5.41) is 0. The number of hydrogen-bond acceptors (Lipinski definition) is 3. The van der Waals surface area contributed by atoms with E-state index in [1.807, 2.05) is 19.1 Å². The van der Waals surface area contributed by atoms with Gasteiger partial charge >= 0.3 is 0 Å². The fraction of sp³-hybridized carbons (Fsp3) is 0.571.